The van der Waals surface area contributed by atoms with Crippen molar-refractivity contribution in [2.75, 3.05) is 17.3 Å². The number of furan rings is 1. The Morgan fingerprint density at radius 2 is 1.92 bits per heavy atom. The normalized spacial score (nSPS) is 17.1. The van der Waals surface area contributed by atoms with Gasteiger partial charge in [0.1, 0.15) is 23.3 Å². The molecule has 2 atom stereocenters. The van der Waals surface area contributed by atoms with Crippen LogP contribution in [0.4, 0.5) is 11.4 Å². The first-order valence-corrected chi connectivity index (χ1v) is 12.1. The fraction of sp³-hybridized carbons (Fsp3) is 0.179. The van der Waals surface area contributed by atoms with Gasteiger partial charge in [0, 0.05) is 29.9 Å². The van der Waals surface area contributed by atoms with E-state index in [1.165, 1.54) is 0 Å². The summed E-state index contributed by atoms with van der Waals surface area (Å²) in [6.07, 6.45) is 2.15. The second-order valence-electron chi connectivity index (χ2n) is 8.35. The van der Waals surface area contributed by atoms with Crippen LogP contribution in [0.3, 0.4) is 0 Å². The van der Waals surface area contributed by atoms with Crippen LogP contribution in [0.15, 0.2) is 89.5 Å². The van der Waals surface area contributed by atoms with E-state index in [1.807, 2.05) is 83.8 Å². The number of aromatic nitrogens is 1. The number of carbonyl (C=O) groups is 1. The smallest absolute Gasteiger partial charge is 0.224 e. The SMILES string of the molecule is CCC(=O)Nc1ccc(N2C(=S)N[C@@H](c3ccccn3)[C@H]2c2ccc(-c3ccccc3)o2)cc1OC. The predicted molar refractivity (Wildman–Crippen MR) is 144 cm³/mol. The summed E-state index contributed by atoms with van der Waals surface area (Å²) >= 11 is 5.81. The molecule has 0 radical (unpaired) electrons. The first-order chi connectivity index (χ1) is 17.6. The van der Waals surface area contributed by atoms with Crippen molar-refractivity contribution in [3.05, 3.63) is 96.5 Å². The van der Waals surface area contributed by atoms with Gasteiger partial charge in [-0.25, -0.2) is 0 Å². The van der Waals surface area contributed by atoms with Crippen LogP contribution in [0.25, 0.3) is 11.3 Å². The molecule has 2 N–H and O–H groups in total. The topological polar surface area (TPSA) is 79.6 Å². The van der Waals surface area contributed by atoms with Crippen LogP contribution >= 0.6 is 12.2 Å². The summed E-state index contributed by atoms with van der Waals surface area (Å²) in [5.74, 6) is 1.98. The van der Waals surface area contributed by atoms with Gasteiger partial charge in [-0.1, -0.05) is 43.3 Å². The maximum atomic E-state index is 12.0. The van der Waals surface area contributed by atoms with Gasteiger partial charge in [0.15, 0.2) is 5.11 Å². The second-order valence-corrected chi connectivity index (χ2v) is 8.74. The molecule has 0 aliphatic carbocycles. The molecule has 0 saturated carbocycles. The summed E-state index contributed by atoms with van der Waals surface area (Å²) in [6.45, 7) is 1.81. The lowest BCUT2D eigenvalue weighted by Crippen LogP contribution is -2.29. The molecule has 1 aliphatic heterocycles. The second kappa shape index (κ2) is 10.2. The van der Waals surface area contributed by atoms with E-state index in [2.05, 4.69) is 15.6 Å². The molecule has 0 bridgehead atoms. The lowest BCUT2D eigenvalue weighted by atomic mass is 10.0. The monoisotopic (exact) mass is 498 g/mol. The van der Waals surface area contributed by atoms with Gasteiger partial charge in [-0.2, -0.15) is 0 Å². The average Bonchev–Trinajstić information content (AvgIpc) is 3.54. The standard InChI is InChI=1S/C28H26N4O3S/c1-3-25(33)30-20-13-12-19(17-24(20)34-2)32-27(26(31-28(32)36)21-11-7-8-16-29-21)23-15-14-22(35-23)18-9-5-4-6-10-18/h4-17,26-27H,3H2,1-2H3,(H,30,33)(H,31,36)/t26-,27+/m0/s1. The molecule has 1 saturated heterocycles. The molecular weight excluding hydrogens is 472 g/mol. The molecule has 2 aromatic carbocycles. The van der Waals surface area contributed by atoms with Crippen LogP contribution in [0.5, 0.6) is 5.75 Å². The van der Waals surface area contributed by atoms with E-state index in [-0.39, 0.29) is 18.0 Å². The molecule has 5 rings (SSSR count). The van der Waals surface area contributed by atoms with Gasteiger partial charge in [0.05, 0.1) is 24.5 Å². The van der Waals surface area contributed by atoms with E-state index in [1.54, 1.807) is 20.2 Å². The van der Waals surface area contributed by atoms with Crippen LogP contribution < -0.4 is 20.3 Å². The average molecular weight is 499 g/mol. The highest BCUT2D eigenvalue weighted by molar-refractivity contribution is 7.80. The summed E-state index contributed by atoms with van der Waals surface area (Å²) in [5, 5.41) is 6.86. The lowest BCUT2D eigenvalue weighted by Gasteiger charge is -2.27. The molecule has 36 heavy (non-hydrogen) atoms. The minimum atomic E-state index is -0.300. The molecular formula is C28H26N4O3S. The van der Waals surface area contributed by atoms with E-state index >= 15 is 0 Å². The van der Waals surface area contributed by atoms with Crippen LogP contribution in [0.1, 0.15) is 36.9 Å². The molecule has 7 nitrogen and oxygen atoms in total. The van der Waals surface area contributed by atoms with E-state index in [0.717, 1.165) is 28.5 Å². The third kappa shape index (κ3) is 4.55. The van der Waals surface area contributed by atoms with Gasteiger partial charge >= 0.3 is 0 Å². The quantitative estimate of drug-likeness (QED) is 0.308. The maximum absolute atomic E-state index is 12.0. The summed E-state index contributed by atoms with van der Waals surface area (Å²) < 4.78 is 12.0. The van der Waals surface area contributed by atoms with Gasteiger partial charge in [0.2, 0.25) is 5.91 Å². The van der Waals surface area contributed by atoms with Crippen molar-refractivity contribution in [3.63, 3.8) is 0 Å². The van der Waals surface area contributed by atoms with Gasteiger partial charge in [0.25, 0.3) is 0 Å². The third-order valence-corrected chi connectivity index (χ3v) is 6.45. The largest absolute Gasteiger partial charge is 0.494 e. The number of ether oxygens (including phenoxy) is 1. The number of thiocarbonyl (C=S) groups is 1. The number of carbonyl (C=O) groups excluding carboxylic acids is 1. The number of nitrogens with zero attached hydrogens (tertiary/aromatic N) is 2. The van der Waals surface area contributed by atoms with Crippen molar-refractivity contribution in [3.8, 4) is 17.1 Å². The number of anilines is 2. The van der Waals surface area contributed by atoms with Crippen LogP contribution in [0, 0.1) is 0 Å². The van der Waals surface area contributed by atoms with Gasteiger partial charge in [-0.3, -0.25) is 9.78 Å². The van der Waals surface area contributed by atoms with Crippen molar-refractivity contribution >= 4 is 34.6 Å². The fourth-order valence-electron chi connectivity index (χ4n) is 4.36. The number of pyridine rings is 1. The Labute approximate surface area is 215 Å². The van der Waals surface area contributed by atoms with Crippen LogP contribution in [-0.4, -0.2) is 23.1 Å². The number of rotatable bonds is 7. The molecule has 2 aromatic heterocycles. The van der Waals surface area contributed by atoms with E-state index < -0.39 is 0 Å². The van der Waals surface area contributed by atoms with Crippen molar-refractivity contribution in [2.24, 2.45) is 0 Å². The Balaban J connectivity index is 1.57. The highest BCUT2D eigenvalue weighted by Crippen LogP contribution is 2.44. The van der Waals surface area contributed by atoms with Crippen molar-refractivity contribution in [1.82, 2.24) is 10.3 Å². The number of nitrogens with one attached hydrogen (secondary N) is 2. The zero-order chi connectivity index (χ0) is 25.1. The van der Waals surface area contributed by atoms with Crippen molar-refractivity contribution < 1.29 is 13.9 Å². The van der Waals surface area contributed by atoms with Crippen LogP contribution in [0.2, 0.25) is 0 Å². The van der Waals surface area contributed by atoms with Crippen LogP contribution in [-0.2, 0) is 4.79 Å². The Morgan fingerprint density at radius 3 is 2.64 bits per heavy atom. The molecule has 1 amide bonds. The minimum Gasteiger partial charge on any atom is -0.494 e. The first-order valence-electron chi connectivity index (χ1n) is 11.7. The minimum absolute atomic E-state index is 0.0865. The van der Waals surface area contributed by atoms with E-state index in [4.69, 9.17) is 21.4 Å². The Hall–Kier alpha value is -4.17. The van der Waals surface area contributed by atoms with Gasteiger partial charge < -0.3 is 24.7 Å². The Bertz CT molecular complexity index is 1370. The number of benzene rings is 2. The third-order valence-electron chi connectivity index (χ3n) is 6.13. The summed E-state index contributed by atoms with van der Waals surface area (Å²) in [6, 6.07) is 24.8. The molecule has 0 spiro atoms. The molecule has 8 heteroatoms. The summed E-state index contributed by atoms with van der Waals surface area (Å²) in [4.78, 5) is 18.6. The van der Waals surface area contributed by atoms with E-state index in [0.29, 0.717) is 23.0 Å². The maximum Gasteiger partial charge on any atom is 0.224 e. The Kier molecular flexibility index (Phi) is 6.69. The predicted octanol–water partition coefficient (Wildman–Crippen LogP) is 5.88. The highest BCUT2D eigenvalue weighted by atomic mass is 32.1. The Morgan fingerprint density at radius 1 is 1.11 bits per heavy atom. The molecule has 1 aliphatic rings. The summed E-state index contributed by atoms with van der Waals surface area (Å²) in [5.41, 5.74) is 3.26. The van der Waals surface area contributed by atoms with Gasteiger partial charge in [-0.15, -0.1) is 0 Å². The fourth-order valence-corrected chi connectivity index (χ4v) is 4.71. The summed E-state index contributed by atoms with van der Waals surface area (Å²) in [7, 11) is 1.58. The number of hydrogen-bond acceptors (Lipinski definition) is 5. The number of hydrogen-bond donors (Lipinski definition) is 2. The lowest BCUT2D eigenvalue weighted by molar-refractivity contribution is -0.115. The van der Waals surface area contributed by atoms with Gasteiger partial charge in [-0.05, 0) is 48.6 Å². The van der Waals surface area contributed by atoms with Crippen molar-refractivity contribution in [1.29, 1.82) is 0 Å². The van der Waals surface area contributed by atoms with Crippen molar-refractivity contribution in [2.45, 2.75) is 25.4 Å². The number of methoxy groups -OCH3 is 1. The molecule has 4 aromatic rings. The number of amides is 1. The zero-order valence-corrected chi connectivity index (χ0v) is 20.8. The first kappa shape index (κ1) is 23.6. The highest BCUT2D eigenvalue weighted by Gasteiger charge is 2.42. The molecule has 1 fully saturated rings. The molecule has 0 unspecified atom stereocenters. The van der Waals surface area contributed by atoms with E-state index in [9.17, 15) is 4.79 Å². The zero-order valence-electron chi connectivity index (χ0n) is 20.0. The molecule has 182 valence electrons. The molecule has 3 heterocycles.